The summed E-state index contributed by atoms with van der Waals surface area (Å²) in [6, 6.07) is 11.7. The summed E-state index contributed by atoms with van der Waals surface area (Å²) in [7, 11) is 0. The molecule has 4 aromatic rings. The summed E-state index contributed by atoms with van der Waals surface area (Å²) in [5.74, 6) is -0.564. The first-order valence-corrected chi connectivity index (χ1v) is 11.2. The molecule has 2 aromatic carbocycles. The van der Waals surface area contributed by atoms with Gasteiger partial charge in [0.05, 0.1) is 11.4 Å². The highest BCUT2D eigenvalue weighted by atomic mass is 32.1. The van der Waals surface area contributed by atoms with E-state index >= 15 is 0 Å². The molecule has 7 heteroatoms. The highest BCUT2D eigenvalue weighted by molar-refractivity contribution is 7.14. The maximum atomic E-state index is 12.6. The molecule has 164 valence electrons. The van der Waals surface area contributed by atoms with E-state index in [9.17, 15) is 9.59 Å². The number of H-pyrrole nitrogens is 1. The second-order valence-electron chi connectivity index (χ2n) is 8.00. The molecule has 2 aromatic heterocycles. The number of aromatic amines is 1. The first-order chi connectivity index (χ1) is 15.2. The van der Waals surface area contributed by atoms with E-state index in [0.717, 1.165) is 38.8 Å². The number of anilines is 2. The lowest BCUT2D eigenvalue weighted by Gasteiger charge is -2.21. The molecule has 0 saturated heterocycles. The number of ether oxygens (including phenoxy) is 1. The van der Waals surface area contributed by atoms with Gasteiger partial charge in [0, 0.05) is 23.2 Å². The van der Waals surface area contributed by atoms with Crippen molar-refractivity contribution in [2.45, 2.75) is 41.2 Å². The highest BCUT2D eigenvalue weighted by Gasteiger charge is 2.21. The summed E-state index contributed by atoms with van der Waals surface area (Å²) in [4.78, 5) is 34.3. The molecule has 1 amide bonds. The number of thiazole rings is 1. The maximum absolute atomic E-state index is 12.6. The second kappa shape index (κ2) is 8.59. The molecule has 0 aliphatic rings. The van der Waals surface area contributed by atoms with Crippen LogP contribution in [-0.2, 0) is 16.1 Å². The van der Waals surface area contributed by atoms with E-state index in [4.69, 9.17) is 4.74 Å². The zero-order chi connectivity index (χ0) is 23.0. The van der Waals surface area contributed by atoms with Gasteiger partial charge in [0.15, 0.2) is 5.13 Å². The fourth-order valence-corrected chi connectivity index (χ4v) is 4.64. The number of nitrogens with one attached hydrogen (secondary N) is 1. The minimum atomic E-state index is -0.439. The maximum Gasteiger partial charge on any atom is 0.355 e. The van der Waals surface area contributed by atoms with E-state index in [1.54, 1.807) is 4.90 Å². The number of hydrogen-bond acceptors (Lipinski definition) is 5. The molecular weight excluding hydrogens is 422 g/mol. The predicted octanol–water partition coefficient (Wildman–Crippen LogP) is 5.90. The number of aromatic nitrogens is 2. The highest BCUT2D eigenvalue weighted by Crippen LogP contribution is 2.32. The van der Waals surface area contributed by atoms with E-state index in [1.165, 1.54) is 18.3 Å². The van der Waals surface area contributed by atoms with E-state index in [1.807, 2.05) is 63.4 Å². The number of amides is 1. The van der Waals surface area contributed by atoms with Gasteiger partial charge in [-0.15, -0.1) is 11.3 Å². The Hall–Kier alpha value is -3.45. The van der Waals surface area contributed by atoms with Gasteiger partial charge in [-0.25, -0.2) is 9.78 Å². The molecular formula is C25H25N3O3S. The number of rotatable bonds is 5. The Morgan fingerprint density at radius 2 is 1.88 bits per heavy atom. The summed E-state index contributed by atoms with van der Waals surface area (Å²) in [5.41, 5.74) is 7.08. The van der Waals surface area contributed by atoms with Gasteiger partial charge in [0.1, 0.15) is 12.3 Å². The van der Waals surface area contributed by atoms with Crippen LogP contribution in [-0.4, -0.2) is 21.8 Å². The average molecular weight is 448 g/mol. The van der Waals surface area contributed by atoms with Gasteiger partial charge in [-0.1, -0.05) is 18.2 Å². The molecule has 0 radical (unpaired) electrons. The first kappa shape index (κ1) is 21.8. The van der Waals surface area contributed by atoms with Crippen LogP contribution in [0.5, 0.6) is 0 Å². The summed E-state index contributed by atoms with van der Waals surface area (Å²) in [6.45, 7) is 9.58. The molecule has 2 heterocycles. The van der Waals surface area contributed by atoms with Crippen LogP contribution < -0.4 is 4.90 Å². The zero-order valence-electron chi connectivity index (χ0n) is 18.8. The van der Waals surface area contributed by atoms with Crippen molar-refractivity contribution in [2.75, 3.05) is 4.90 Å². The molecule has 6 nitrogen and oxygen atoms in total. The normalized spacial score (nSPS) is 11.0. The van der Waals surface area contributed by atoms with Crippen molar-refractivity contribution in [1.29, 1.82) is 0 Å². The molecule has 0 spiro atoms. The standard InChI is InChI=1S/C25H25N3O3S/c1-14-9-16(3)20-11-22(27-21(20)10-14)24(30)31-12-19-13-32-25(26-19)28(18(5)29)23-8-6-7-15(2)17(23)4/h6-11,13,27H,12H2,1-5H3. The monoisotopic (exact) mass is 447 g/mol. The fourth-order valence-electron chi connectivity index (χ4n) is 3.78. The van der Waals surface area contributed by atoms with Crippen molar-refractivity contribution in [3.05, 3.63) is 75.4 Å². The zero-order valence-corrected chi connectivity index (χ0v) is 19.6. The van der Waals surface area contributed by atoms with Crippen molar-refractivity contribution in [3.8, 4) is 0 Å². The van der Waals surface area contributed by atoms with Crippen molar-refractivity contribution < 1.29 is 14.3 Å². The molecule has 0 atom stereocenters. The molecule has 0 aliphatic carbocycles. The Labute approximate surface area is 190 Å². The largest absolute Gasteiger partial charge is 0.454 e. The Balaban J connectivity index is 1.51. The number of aryl methyl sites for hydroxylation is 3. The minimum Gasteiger partial charge on any atom is -0.454 e. The van der Waals surface area contributed by atoms with Gasteiger partial charge in [0.25, 0.3) is 0 Å². The minimum absolute atomic E-state index is 0.0290. The van der Waals surface area contributed by atoms with E-state index in [2.05, 4.69) is 16.0 Å². The lowest BCUT2D eigenvalue weighted by Crippen LogP contribution is -2.23. The number of esters is 1. The quantitative estimate of drug-likeness (QED) is 0.387. The average Bonchev–Trinajstić information content (AvgIpc) is 3.37. The van der Waals surface area contributed by atoms with E-state index in [0.29, 0.717) is 16.5 Å². The molecule has 4 rings (SSSR count). The molecule has 0 fully saturated rings. The third-order valence-corrected chi connectivity index (χ3v) is 6.40. The lowest BCUT2D eigenvalue weighted by atomic mass is 10.1. The number of fused-ring (bicyclic) bond motifs is 1. The third kappa shape index (κ3) is 4.16. The molecule has 0 unspecified atom stereocenters. The number of carbonyl (C=O) groups excluding carboxylic acids is 2. The Morgan fingerprint density at radius 1 is 1.09 bits per heavy atom. The molecule has 0 saturated carbocycles. The summed E-state index contributed by atoms with van der Waals surface area (Å²) in [5, 5.41) is 3.36. The van der Waals surface area contributed by atoms with E-state index < -0.39 is 5.97 Å². The fraction of sp³-hybridized carbons (Fsp3) is 0.240. The number of hydrogen-bond donors (Lipinski definition) is 1. The summed E-state index contributed by atoms with van der Waals surface area (Å²) >= 11 is 1.35. The van der Waals surface area contributed by atoms with Crippen molar-refractivity contribution >= 4 is 44.9 Å². The van der Waals surface area contributed by atoms with Gasteiger partial charge < -0.3 is 9.72 Å². The first-order valence-electron chi connectivity index (χ1n) is 10.3. The SMILES string of the molecule is CC(=O)N(c1nc(COC(=O)c2cc3c(C)cc(C)cc3[nH]2)cs1)c1cccc(C)c1C. The number of nitrogens with zero attached hydrogens (tertiary/aromatic N) is 2. The van der Waals surface area contributed by atoms with Gasteiger partial charge in [-0.2, -0.15) is 0 Å². The second-order valence-corrected chi connectivity index (χ2v) is 8.83. The lowest BCUT2D eigenvalue weighted by molar-refractivity contribution is -0.115. The topological polar surface area (TPSA) is 75.3 Å². The van der Waals surface area contributed by atoms with Crippen LogP contribution in [0, 0.1) is 27.7 Å². The van der Waals surface area contributed by atoms with Crippen LogP contribution in [0.25, 0.3) is 10.9 Å². The molecule has 0 bridgehead atoms. The number of carbonyl (C=O) groups is 2. The number of benzene rings is 2. The molecule has 1 N–H and O–H groups in total. The summed E-state index contributed by atoms with van der Waals surface area (Å²) < 4.78 is 5.49. The molecule has 0 aliphatic heterocycles. The molecule has 32 heavy (non-hydrogen) atoms. The van der Waals surface area contributed by atoms with Crippen LogP contribution in [0.15, 0.2) is 41.8 Å². The van der Waals surface area contributed by atoms with Crippen molar-refractivity contribution in [3.63, 3.8) is 0 Å². The van der Waals surface area contributed by atoms with Crippen LogP contribution in [0.4, 0.5) is 10.8 Å². The van der Waals surface area contributed by atoms with Gasteiger partial charge >= 0.3 is 5.97 Å². The van der Waals surface area contributed by atoms with Crippen LogP contribution >= 0.6 is 11.3 Å². The predicted molar refractivity (Wildman–Crippen MR) is 128 cm³/mol. The van der Waals surface area contributed by atoms with Gasteiger partial charge in [-0.3, -0.25) is 9.69 Å². The third-order valence-electron chi connectivity index (χ3n) is 5.52. The smallest absolute Gasteiger partial charge is 0.355 e. The van der Waals surface area contributed by atoms with Crippen LogP contribution in [0.2, 0.25) is 0 Å². The van der Waals surface area contributed by atoms with Gasteiger partial charge in [0.2, 0.25) is 5.91 Å². The van der Waals surface area contributed by atoms with Crippen LogP contribution in [0.1, 0.15) is 45.4 Å². The Kier molecular flexibility index (Phi) is 5.84. The Morgan fingerprint density at radius 3 is 2.62 bits per heavy atom. The Bertz CT molecular complexity index is 1340. The van der Waals surface area contributed by atoms with Crippen molar-refractivity contribution in [1.82, 2.24) is 9.97 Å². The van der Waals surface area contributed by atoms with Gasteiger partial charge in [-0.05, 0) is 68.1 Å². The van der Waals surface area contributed by atoms with Crippen LogP contribution in [0.3, 0.4) is 0 Å². The summed E-state index contributed by atoms with van der Waals surface area (Å²) in [6.07, 6.45) is 0. The van der Waals surface area contributed by atoms with Crippen molar-refractivity contribution in [2.24, 2.45) is 0 Å². The van der Waals surface area contributed by atoms with E-state index in [-0.39, 0.29) is 12.5 Å².